The maximum absolute atomic E-state index is 11.1. The monoisotopic (exact) mass is 285 g/mol. The lowest BCUT2D eigenvalue weighted by Crippen LogP contribution is -2.29. The first-order chi connectivity index (χ1) is 8.61. The molecule has 0 heterocycles. The number of amides is 1. The lowest BCUT2D eigenvalue weighted by atomic mass is 10.3. The van der Waals surface area contributed by atoms with Gasteiger partial charge in [-0.05, 0) is 19.1 Å². The van der Waals surface area contributed by atoms with Gasteiger partial charge in [-0.15, -0.1) is 11.6 Å². The molecule has 0 spiro atoms. The van der Waals surface area contributed by atoms with Crippen molar-refractivity contribution in [1.82, 2.24) is 5.32 Å². The van der Waals surface area contributed by atoms with Crippen molar-refractivity contribution < 1.29 is 9.53 Å². The van der Waals surface area contributed by atoms with E-state index in [4.69, 9.17) is 27.9 Å². The van der Waals surface area contributed by atoms with Gasteiger partial charge in [-0.25, -0.2) is 0 Å². The van der Waals surface area contributed by atoms with Crippen molar-refractivity contribution in [2.24, 2.45) is 0 Å². The summed E-state index contributed by atoms with van der Waals surface area (Å²) in [6.07, 6.45) is 0. The summed E-state index contributed by atoms with van der Waals surface area (Å²) in [6.45, 7) is 2.07. The molecule has 0 aromatic heterocycles. The summed E-state index contributed by atoms with van der Waals surface area (Å²) < 4.78 is 5.35. The molecule has 0 saturated heterocycles. The molecule has 0 saturated carbocycles. The Hall–Kier alpha value is -1.37. The van der Waals surface area contributed by atoms with Crippen molar-refractivity contribution in [2.75, 3.05) is 13.2 Å². The summed E-state index contributed by atoms with van der Waals surface area (Å²) in [7, 11) is 0. The average molecular weight is 286 g/mol. The first-order valence-corrected chi connectivity index (χ1v) is 6.17. The van der Waals surface area contributed by atoms with E-state index in [9.17, 15) is 4.79 Å². The molecule has 1 atom stereocenters. The van der Waals surface area contributed by atoms with E-state index in [1.54, 1.807) is 19.1 Å². The van der Waals surface area contributed by atoms with Gasteiger partial charge in [0.2, 0.25) is 5.91 Å². The molecule has 5 heteroatoms. The number of benzene rings is 1. The van der Waals surface area contributed by atoms with E-state index in [1.807, 2.05) is 12.1 Å². The minimum absolute atomic E-state index is 0.218. The van der Waals surface area contributed by atoms with Gasteiger partial charge in [0.05, 0.1) is 11.6 Å². The number of hydrogen-bond acceptors (Lipinski definition) is 2. The van der Waals surface area contributed by atoms with Crippen molar-refractivity contribution in [2.45, 2.75) is 12.3 Å². The first kappa shape index (κ1) is 14.7. The van der Waals surface area contributed by atoms with E-state index in [-0.39, 0.29) is 19.1 Å². The Bertz CT molecular complexity index is 464. The second-order valence-corrected chi connectivity index (χ2v) is 4.47. The number of nitrogens with one attached hydrogen (secondary N) is 1. The van der Waals surface area contributed by atoms with E-state index in [0.29, 0.717) is 10.8 Å². The number of rotatable bonds is 4. The highest BCUT2D eigenvalue weighted by Gasteiger charge is 2.05. The third kappa shape index (κ3) is 5.31. The molecular weight excluding hydrogens is 273 g/mol. The number of para-hydroxylation sites is 1. The largest absolute Gasteiger partial charge is 0.479 e. The standard InChI is InChI=1S/C13H13Cl2NO2/c1-10(14)13(17)16-8-4-5-9-18-12-7-3-2-6-11(12)15/h2-3,6-7,10H,8-9H2,1H3,(H,16,17). The number of carbonyl (C=O) groups is 1. The molecule has 0 aliphatic heterocycles. The summed E-state index contributed by atoms with van der Waals surface area (Å²) in [4.78, 5) is 11.1. The SMILES string of the molecule is CC(Cl)C(=O)NCC#CCOc1ccccc1Cl. The zero-order chi connectivity index (χ0) is 13.4. The van der Waals surface area contributed by atoms with Crippen LogP contribution < -0.4 is 10.1 Å². The highest BCUT2D eigenvalue weighted by molar-refractivity contribution is 6.32. The quantitative estimate of drug-likeness (QED) is 0.682. The molecule has 0 fully saturated rings. The molecule has 0 aliphatic rings. The molecule has 3 nitrogen and oxygen atoms in total. The maximum Gasteiger partial charge on any atom is 0.238 e. The molecule has 0 radical (unpaired) electrons. The van der Waals surface area contributed by atoms with Crippen LogP contribution in [0.25, 0.3) is 0 Å². The summed E-state index contributed by atoms with van der Waals surface area (Å²) in [5.41, 5.74) is 0. The van der Waals surface area contributed by atoms with Crippen molar-refractivity contribution in [1.29, 1.82) is 0 Å². The van der Waals surface area contributed by atoms with Crippen LogP contribution in [0.2, 0.25) is 5.02 Å². The van der Waals surface area contributed by atoms with Crippen LogP contribution in [0.15, 0.2) is 24.3 Å². The van der Waals surface area contributed by atoms with E-state index in [2.05, 4.69) is 17.2 Å². The Morgan fingerprint density at radius 3 is 2.83 bits per heavy atom. The molecule has 1 aromatic carbocycles. The van der Waals surface area contributed by atoms with Gasteiger partial charge in [-0.1, -0.05) is 35.6 Å². The van der Waals surface area contributed by atoms with Crippen molar-refractivity contribution in [3.63, 3.8) is 0 Å². The fourth-order valence-corrected chi connectivity index (χ4v) is 1.33. The topological polar surface area (TPSA) is 38.3 Å². The van der Waals surface area contributed by atoms with E-state index >= 15 is 0 Å². The Kier molecular flexibility index (Phi) is 6.42. The van der Waals surface area contributed by atoms with Gasteiger partial charge in [-0.2, -0.15) is 0 Å². The number of carbonyl (C=O) groups excluding carboxylic acids is 1. The van der Waals surface area contributed by atoms with Gasteiger partial charge in [0.15, 0.2) is 0 Å². The summed E-state index contributed by atoms with van der Waals surface area (Å²) in [6, 6.07) is 7.16. The van der Waals surface area contributed by atoms with Gasteiger partial charge < -0.3 is 10.1 Å². The fraction of sp³-hybridized carbons (Fsp3) is 0.308. The van der Waals surface area contributed by atoms with Crippen molar-refractivity contribution in [3.05, 3.63) is 29.3 Å². The Balaban J connectivity index is 2.27. The van der Waals surface area contributed by atoms with Gasteiger partial charge in [0, 0.05) is 0 Å². The summed E-state index contributed by atoms with van der Waals surface area (Å²) >= 11 is 11.5. The molecule has 0 bridgehead atoms. The zero-order valence-electron chi connectivity index (χ0n) is 9.87. The minimum atomic E-state index is -0.550. The molecule has 96 valence electrons. The molecule has 1 aromatic rings. The highest BCUT2D eigenvalue weighted by Crippen LogP contribution is 2.22. The van der Waals surface area contributed by atoms with Crippen molar-refractivity contribution in [3.8, 4) is 17.6 Å². The third-order valence-corrected chi connectivity index (χ3v) is 2.48. The molecule has 1 unspecified atom stereocenters. The molecule has 1 N–H and O–H groups in total. The normalized spacial score (nSPS) is 11.1. The predicted octanol–water partition coefficient (Wildman–Crippen LogP) is 2.47. The highest BCUT2D eigenvalue weighted by atomic mass is 35.5. The van der Waals surface area contributed by atoms with E-state index in [1.165, 1.54) is 0 Å². The number of halogens is 2. The van der Waals surface area contributed by atoms with Gasteiger partial charge in [-0.3, -0.25) is 4.79 Å². The van der Waals surface area contributed by atoms with Gasteiger partial charge >= 0.3 is 0 Å². The van der Waals surface area contributed by atoms with Gasteiger partial charge in [0.1, 0.15) is 17.7 Å². The van der Waals surface area contributed by atoms with E-state index < -0.39 is 5.38 Å². The van der Waals surface area contributed by atoms with Crippen LogP contribution in [0.5, 0.6) is 5.75 Å². The molecule has 1 amide bonds. The van der Waals surface area contributed by atoms with Crippen molar-refractivity contribution >= 4 is 29.1 Å². The molecular formula is C13H13Cl2NO2. The van der Waals surface area contributed by atoms with Crippen LogP contribution in [0.4, 0.5) is 0 Å². The van der Waals surface area contributed by atoms with Crippen LogP contribution in [0.3, 0.4) is 0 Å². The Morgan fingerprint density at radius 2 is 2.17 bits per heavy atom. The number of ether oxygens (including phenoxy) is 1. The summed E-state index contributed by atoms with van der Waals surface area (Å²) in [5, 5.41) is 2.56. The average Bonchev–Trinajstić information content (AvgIpc) is 2.35. The molecule has 18 heavy (non-hydrogen) atoms. The lowest BCUT2D eigenvalue weighted by Gasteiger charge is -2.03. The lowest BCUT2D eigenvalue weighted by molar-refractivity contribution is -0.120. The maximum atomic E-state index is 11.1. The first-order valence-electron chi connectivity index (χ1n) is 5.36. The van der Waals surface area contributed by atoms with Crippen LogP contribution >= 0.6 is 23.2 Å². The Labute approximate surface area is 116 Å². The van der Waals surface area contributed by atoms with Crippen LogP contribution in [-0.2, 0) is 4.79 Å². The third-order valence-electron chi connectivity index (χ3n) is 1.97. The summed E-state index contributed by atoms with van der Waals surface area (Å²) in [5.74, 6) is 5.87. The minimum Gasteiger partial charge on any atom is -0.479 e. The number of hydrogen-bond donors (Lipinski definition) is 1. The smallest absolute Gasteiger partial charge is 0.238 e. The zero-order valence-corrected chi connectivity index (χ0v) is 11.4. The van der Waals surface area contributed by atoms with Crippen LogP contribution in [-0.4, -0.2) is 24.4 Å². The number of alkyl halides is 1. The Morgan fingerprint density at radius 1 is 1.44 bits per heavy atom. The van der Waals surface area contributed by atoms with E-state index in [0.717, 1.165) is 0 Å². The van der Waals surface area contributed by atoms with Gasteiger partial charge in [0.25, 0.3) is 0 Å². The fourth-order valence-electron chi connectivity index (χ4n) is 1.06. The van der Waals surface area contributed by atoms with Crippen LogP contribution in [0.1, 0.15) is 6.92 Å². The second-order valence-electron chi connectivity index (χ2n) is 3.41. The predicted molar refractivity (Wildman–Crippen MR) is 73.0 cm³/mol. The molecule has 1 rings (SSSR count). The van der Waals surface area contributed by atoms with Crippen LogP contribution in [0, 0.1) is 11.8 Å². The second kappa shape index (κ2) is 7.86. The molecule has 0 aliphatic carbocycles.